The number of halogens is 2. The summed E-state index contributed by atoms with van der Waals surface area (Å²) in [6.45, 7) is 0. The van der Waals surface area contributed by atoms with Crippen LogP contribution in [0, 0.1) is 0 Å². The van der Waals surface area contributed by atoms with Crippen molar-refractivity contribution in [3.8, 4) is 0 Å². The van der Waals surface area contributed by atoms with E-state index in [0.717, 1.165) is 11.0 Å². The molecule has 4 rings (SSSR count). The maximum Gasteiger partial charge on any atom is 0.145 e. The first-order valence-electron chi connectivity index (χ1n) is 7.96. The highest BCUT2D eigenvalue weighted by Gasteiger charge is 2.29. The normalized spacial score (nSPS) is 14.2. The topological polar surface area (TPSA) is 76.1 Å². The average molecular weight is 391 g/mol. The van der Waals surface area contributed by atoms with Gasteiger partial charge in [-0.15, -0.1) is 0 Å². The monoisotopic (exact) mass is 390 g/mol. The van der Waals surface area contributed by atoms with Gasteiger partial charge >= 0.3 is 0 Å². The summed E-state index contributed by atoms with van der Waals surface area (Å²) in [5.74, 6) is 0.666. The zero-order valence-corrected chi connectivity index (χ0v) is 15.6. The summed E-state index contributed by atoms with van der Waals surface area (Å²) >= 11 is 12.0. The Morgan fingerprint density at radius 3 is 1.54 bits per heavy atom. The molecule has 0 saturated carbocycles. The molecule has 0 fully saturated rings. The fraction of sp³-hybridized carbons (Fsp3) is 0.222. The number of rotatable bonds is 3. The van der Waals surface area contributed by atoms with Crippen molar-refractivity contribution in [2.24, 2.45) is 14.1 Å². The summed E-state index contributed by atoms with van der Waals surface area (Å²) in [5.41, 5.74) is 2.93. The molecule has 0 bridgehead atoms. The van der Waals surface area contributed by atoms with Gasteiger partial charge in [0.2, 0.25) is 0 Å². The molecule has 0 aliphatic carbocycles. The number of imidazole rings is 2. The lowest BCUT2D eigenvalue weighted by Gasteiger charge is -2.17. The van der Waals surface area contributed by atoms with Gasteiger partial charge in [-0.1, -0.05) is 23.2 Å². The Balaban J connectivity index is 1.78. The van der Waals surface area contributed by atoms with Crippen LogP contribution in [-0.4, -0.2) is 29.3 Å². The molecule has 6 nitrogen and oxygen atoms in total. The van der Waals surface area contributed by atoms with Crippen molar-refractivity contribution in [1.29, 1.82) is 0 Å². The van der Waals surface area contributed by atoms with Crippen molar-refractivity contribution in [2.45, 2.75) is 12.2 Å². The summed E-state index contributed by atoms with van der Waals surface area (Å²) in [5, 5.41) is 22.6. The molecule has 0 spiro atoms. The minimum atomic E-state index is -1.25. The van der Waals surface area contributed by atoms with Gasteiger partial charge in [0.05, 0.1) is 22.1 Å². The summed E-state index contributed by atoms with van der Waals surface area (Å²) in [4.78, 5) is 8.86. The Hall–Kier alpha value is -2.12. The number of aromatic nitrogens is 4. The predicted molar refractivity (Wildman–Crippen MR) is 101 cm³/mol. The van der Waals surface area contributed by atoms with Crippen molar-refractivity contribution in [3.05, 3.63) is 58.1 Å². The van der Waals surface area contributed by atoms with E-state index >= 15 is 0 Å². The van der Waals surface area contributed by atoms with Crippen LogP contribution in [0.1, 0.15) is 23.9 Å². The molecule has 2 aromatic heterocycles. The molecule has 4 aromatic rings. The molecule has 2 atom stereocenters. The molecule has 26 heavy (non-hydrogen) atoms. The zero-order chi connectivity index (χ0) is 18.6. The number of aliphatic hydroxyl groups excluding tert-OH is 2. The first kappa shape index (κ1) is 17.3. The first-order valence-corrected chi connectivity index (χ1v) is 8.72. The zero-order valence-electron chi connectivity index (χ0n) is 14.1. The fourth-order valence-corrected chi connectivity index (χ4v) is 3.53. The smallest absolute Gasteiger partial charge is 0.145 e. The van der Waals surface area contributed by atoms with E-state index in [-0.39, 0.29) is 0 Å². The van der Waals surface area contributed by atoms with Crippen molar-refractivity contribution >= 4 is 45.3 Å². The summed E-state index contributed by atoms with van der Waals surface area (Å²) < 4.78 is 3.47. The molecule has 0 amide bonds. The van der Waals surface area contributed by atoms with E-state index in [9.17, 15) is 10.2 Å². The Bertz CT molecular complexity index is 1050. The number of aryl methyl sites for hydroxylation is 2. The second-order valence-electron chi connectivity index (χ2n) is 6.21. The quantitative estimate of drug-likeness (QED) is 0.560. The number of hydrogen-bond donors (Lipinski definition) is 2. The molecular weight excluding hydrogens is 375 g/mol. The molecule has 2 aromatic carbocycles. The molecule has 0 aliphatic heterocycles. The summed E-state index contributed by atoms with van der Waals surface area (Å²) in [6, 6.07) is 10.6. The van der Waals surface area contributed by atoms with Crippen molar-refractivity contribution in [2.75, 3.05) is 0 Å². The standard InChI is InChI=1S/C18H16Cl2N4O2/c1-23-13-5-3-9(19)7-11(13)21-17(23)15(25)16(26)18-22-12-8-10(20)4-6-14(12)24(18)2/h3-8,15-16,25-26H,1-2H3/t15-,16-/m0/s1. The third kappa shape index (κ3) is 2.66. The highest BCUT2D eigenvalue weighted by atomic mass is 35.5. The van der Waals surface area contributed by atoms with Gasteiger partial charge in [0.1, 0.15) is 23.9 Å². The number of fused-ring (bicyclic) bond motifs is 2. The number of aliphatic hydroxyl groups is 2. The van der Waals surface area contributed by atoms with Gasteiger partial charge in [-0.2, -0.15) is 0 Å². The Morgan fingerprint density at radius 2 is 1.15 bits per heavy atom. The number of nitrogens with zero attached hydrogens (tertiary/aromatic N) is 4. The van der Waals surface area contributed by atoms with E-state index in [1.54, 1.807) is 47.5 Å². The molecule has 2 heterocycles. The van der Waals surface area contributed by atoms with Gasteiger partial charge in [0, 0.05) is 24.1 Å². The molecular formula is C18H16Cl2N4O2. The van der Waals surface area contributed by atoms with E-state index < -0.39 is 12.2 Å². The van der Waals surface area contributed by atoms with Gasteiger partial charge in [-0.25, -0.2) is 9.97 Å². The second kappa shape index (κ2) is 6.25. The van der Waals surface area contributed by atoms with Gasteiger partial charge in [-0.05, 0) is 36.4 Å². The molecule has 8 heteroatoms. The Kier molecular flexibility index (Phi) is 4.16. The lowest BCUT2D eigenvalue weighted by molar-refractivity contribution is 0.00394. The minimum Gasteiger partial charge on any atom is -0.382 e. The SMILES string of the molecule is Cn1c([C@@H](O)[C@H](O)c2nc3cc(Cl)ccc3n2C)nc2cc(Cl)ccc21. The van der Waals surface area contributed by atoms with E-state index in [4.69, 9.17) is 23.2 Å². The van der Waals surface area contributed by atoms with Gasteiger partial charge in [-0.3, -0.25) is 0 Å². The molecule has 0 unspecified atom stereocenters. The molecule has 0 saturated heterocycles. The summed E-state index contributed by atoms with van der Waals surface area (Å²) in [7, 11) is 3.56. The van der Waals surface area contributed by atoms with Gasteiger partial charge < -0.3 is 19.3 Å². The lowest BCUT2D eigenvalue weighted by Crippen LogP contribution is -2.17. The maximum atomic E-state index is 10.8. The van der Waals surface area contributed by atoms with Gasteiger partial charge in [0.15, 0.2) is 0 Å². The lowest BCUT2D eigenvalue weighted by atomic mass is 10.2. The maximum absolute atomic E-state index is 10.8. The van der Waals surface area contributed by atoms with Gasteiger partial charge in [0.25, 0.3) is 0 Å². The number of benzene rings is 2. The Morgan fingerprint density at radius 1 is 0.769 bits per heavy atom. The van der Waals surface area contributed by atoms with Crippen molar-refractivity contribution < 1.29 is 10.2 Å². The van der Waals surface area contributed by atoms with Crippen LogP contribution >= 0.6 is 23.2 Å². The third-order valence-electron chi connectivity index (χ3n) is 4.58. The fourth-order valence-electron chi connectivity index (χ4n) is 3.19. The van der Waals surface area contributed by atoms with E-state index in [1.165, 1.54) is 0 Å². The van der Waals surface area contributed by atoms with Crippen LogP contribution in [-0.2, 0) is 14.1 Å². The largest absolute Gasteiger partial charge is 0.382 e. The predicted octanol–water partition coefficient (Wildman–Crippen LogP) is 3.53. The highest BCUT2D eigenvalue weighted by molar-refractivity contribution is 6.31. The first-order chi connectivity index (χ1) is 12.4. The minimum absolute atomic E-state index is 0.333. The van der Waals surface area contributed by atoms with Crippen LogP contribution in [0.4, 0.5) is 0 Å². The molecule has 2 N–H and O–H groups in total. The van der Waals surface area contributed by atoms with Crippen LogP contribution in [0.25, 0.3) is 22.1 Å². The number of hydrogen-bond acceptors (Lipinski definition) is 4. The highest BCUT2D eigenvalue weighted by Crippen LogP contribution is 2.32. The van der Waals surface area contributed by atoms with Crippen LogP contribution in [0.2, 0.25) is 10.0 Å². The molecule has 0 radical (unpaired) electrons. The third-order valence-corrected chi connectivity index (χ3v) is 5.05. The second-order valence-corrected chi connectivity index (χ2v) is 7.09. The Labute approximate surface area is 159 Å². The van der Waals surface area contributed by atoms with Crippen LogP contribution in [0.3, 0.4) is 0 Å². The van der Waals surface area contributed by atoms with Crippen molar-refractivity contribution in [1.82, 2.24) is 19.1 Å². The van der Waals surface area contributed by atoms with Crippen LogP contribution in [0.5, 0.6) is 0 Å². The molecule has 0 aliphatic rings. The van der Waals surface area contributed by atoms with E-state index in [0.29, 0.717) is 32.7 Å². The van der Waals surface area contributed by atoms with E-state index in [1.807, 2.05) is 12.1 Å². The summed E-state index contributed by atoms with van der Waals surface area (Å²) in [6.07, 6.45) is -2.51. The molecule has 134 valence electrons. The van der Waals surface area contributed by atoms with Crippen LogP contribution < -0.4 is 0 Å². The average Bonchev–Trinajstić information content (AvgIpc) is 3.10. The van der Waals surface area contributed by atoms with E-state index in [2.05, 4.69) is 9.97 Å². The van der Waals surface area contributed by atoms with Crippen molar-refractivity contribution in [3.63, 3.8) is 0 Å². The van der Waals surface area contributed by atoms with Crippen LogP contribution in [0.15, 0.2) is 36.4 Å².